The van der Waals surface area contributed by atoms with Crippen LogP contribution in [0.1, 0.15) is 32.8 Å². The minimum Gasteiger partial charge on any atom is -0.382 e. The topological polar surface area (TPSA) is 58.2 Å². The summed E-state index contributed by atoms with van der Waals surface area (Å²) in [4.78, 5) is 0.367. The molecule has 0 saturated carbocycles. The second-order valence-corrected chi connectivity index (χ2v) is 7.42. The SMILES string of the molecule is CC(C)CCNS(=O)(=O)c1ccc2c(c1)C[C@H](C)N2. The monoisotopic (exact) mass is 282 g/mol. The summed E-state index contributed by atoms with van der Waals surface area (Å²) < 4.78 is 27.0. The Morgan fingerprint density at radius 3 is 2.84 bits per heavy atom. The van der Waals surface area contributed by atoms with Crippen molar-refractivity contribution in [2.24, 2.45) is 5.92 Å². The molecule has 1 heterocycles. The van der Waals surface area contributed by atoms with E-state index in [-0.39, 0.29) is 0 Å². The van der Waals surface area contributed by atoms with Gasteiger partial charge in [0.2, 0.25) is 10.0 Å². The summed E-state index contributed by atoms with van der Waals surface area (Å²) in [7, 11) is -3.37. The van der Waals surface area contributed by atoms with Gasteiger partial charge < -0.3 is 5.32 Å². The van der Waals surface area contributed by atoms with Crippen LogP contribution in [0.15, 0.2) is 23.1 Å². The second kappa shape index (κ2) is 5.51. The number of nitrogens with one attached hydrogen (secondary N) is 2. The average molecular weight is 282 g/mol. The Kier molecular flexibility index (Phi) is 4.16. The van der Waals surface area contributed by atoms with Crippen LogP contribution >= 0.6 is 0 Å². The van der Waals surface area contributed by atoms with Crippen LogP contribution < -0.4 is 10.0 Å². The van der Waals surface area contributed by atoms with Crippen molar-refractivity contribution in [2.75, 3.05) is 11.9 Å². The van der Waals surface area contributed by atoms with E-state index in [1.165, 1.54) is 0 Å². The third-order valence-corrected chi connectivity index (χ3v) is 4.79. The summed E-state index contributed by atoms with van der Waals surface area (Å²) in [6.45, 7) is 6.74. The fourth-order valence-corrected chi connectivity index (χ4v) is 3.36. The summed E-state index contributed by atoms with van der Waals surface area (Å²) in [5.41, 5.74) is 2.13. The van der Waals surface area contributed by atoms with Crippen LogP contribution in [0.5, 0.6) is 0 Å². The molecule has 5 heteroatoms. The summed E-state index contributed by atoms with van der Waals surface area (Å²) >= 11 is 0. The zero-order valence-corrected chi connectivity index (χ0v) is 12.5. The van der Waals surface area contributed by atoms with Crippen molar-refractivity contribution in [1.29, 1.82) is 0 Å². The van der Waals surface area contributed by atoms with E-state index in [1.807, 2.05) is 6.07 Å². The van der Waals surface area contributed by atoms with Gasteiger partial charge in [0.25, 0.3) is 0 Å². The number of anilines is 1. The van der Waals surface area contributed by atoms with Gasteiger partial charge in [0.05, 0.1) is 4.90 Å². The van der Waals surface area contributed by atoms with E-state index in [0.29, 0.717) is 23.4 Å². The lowest BCUT2D eigenvalue weighted by Crippen LogP contribution is -2.25. The third-order valence-electron chi connectivity index (χ3n) is 3.33. The maximum absolute atomic E-state index is 12.2. The lowest BCUT2D eigenvalue weighted by atomic mass is 10.1. The zero-order chi connectivity index (χ0) is 14.0. The Bertz CT molecular complexity index is 553. The van der Waals surface area contributed by atoms with Gasteiger partial charge in [-0.1, -0.05) is 13.8 Å². The molecule has 2 rings (SSSR count). The van der Waals surface area contributed by atoms with Gasteiger partial charge in [0.15, 0.2) is 0 Å². The molecule has 19 heavy (non-hydrogen) atoms. The molecule has 0 bridgehead atoms. The summed E-state index contributed by atoms with van der Waals surface area (Å²) in [6.07, 6.45) is 1.73. The highest BCUT2D eigenvalue weighted by Crippen LogP contribution is 2.27. The first-order valence-corrected chi connectivity index (χ1v) is 8.26. The maximum atomic E-state index is 12.2. The van der Waals surface area contributed by atoms with Gasteiger partial charge in [-0.3, -0.25) is 0 Å². The van der Waals surface area contributed by atoms with Crippen molar-refractivity contribution < 1.29 is 8.42 Å². The van der Waals surface area contributed by atoms with Crippen molar-refractivity contribution in [3.8, 4) is 0 Å². The van der Waals surface area contributed by atoms with Gasteiger partial charge in [0, 0.05) is 18.3 Å². The van der Waals surface area contributed by atoms with E-state index in [1.54, 1.807) is 12.1 Å². The zero-order valence-electron chi connectivity index (χ0n) is 11.7. The number of hydrogen-bond acceptors (Lipinski definition) is 3. The predicted molar refractivity (Wildman–Crippen MR) is 77.9 cm³/mol. The van der Waals surface area contributed by atoms with Crippen LogP contribution in [-0.2, 0) is 16.4 Å². The fourth-order valence-electron chi connectivity index (χ4n) is 2.26. The van der Waals surface area contributed by atoms with E-state index in [4.69, 9.17) is 0 Å². The predicted octanol–water partition coefficient (Wildman–Crippen LogP) is 2.37. The first-order chi connectivity index (χ1) is 8.88. The van der Waals surface area contributed by atoms with E-state index < -0.39 is 10.0 Å². The van der Waals surface area contributed by atoms with Crippen LogP contribution in [0.4, 0.5) is 5.69 Å². The average Bonchev–Trinajstić information content (AvgIpc) is 2.67. The van der Waals surface area contributed by atoms with E-state index in [0.717, 1.165) is 24.1 Å². The molecule has 1 aliphatic heterocycles. The molecule has 0 amide bonds. The van der Waals surface area contributed by atoms with E-state index in [9.17, 15) is 8.42 Å². The molecule has 0 aliphatic carbocycles. The van der Waals surface area contributed by atoms with Crippen LogP contribution in [0.2, 0.25) is 0 Å². The molecular weight excluding hydrogens is 260 g/mol. The number of benzene rings is 1. The van der Waals surface area contributed by atoms with E-state index in [2.05, 4.69) is 30.8 Å². The molecule has 0 saturated heterocycles. The van der Waals surface area contributed by atoms with Crippen molar-refractivity contribution in [1.82, 2.24) is 4.72 Å². The highest BCUT2D eigenvalue weighted by molar-refractivity contribution is 7.89. The van der Waals surface area contributed by atoms with Gasteiger partial charge >= 0.3 is 0 Å². The molecule has 1 aromatic carbocycles. The minimum absolute atomic E-state index is 0.367. The lowest BCUT2D eigenvalue weighted by Gasteiger charge is -2.09. The number of sulfonamides is 1. The highest BCUT2D eigenvalue weighted by atomic mass is 32.2. The molecule has 1 aliphatic rings. The van der Waals surface area contributed by atoms with Gasteiger partial charge in [0.1, 0.15) is 0 Å². The molecular formula is C14H22N2O2S. The summed E-state index contributed by atoms with van der Waals surface area (Å²) in [5.74, 6) is 0.493. The highest BCUT2D eigenvalue weighted by Gasteiger charge is 2.20. The van der Waals surface area contributed by atoms with Gasteiger partial charge in [-0.05, 0) is 49.4 Å². The van der Waals surface area contributed by atoms with Gasteiger partial charge in [-0.2, -0.15) is 0 Å². The Morgan fingerprint density at radius 2 is 2.16 bits per heavy atom. The van der Waals surface area contributed by atoms with Crippen molar-refractivity contribution in [2.45, 2.75) is 44.6 Å². The molecule has 0 unspecified atom stereocenters. The Labute approximate surface area is 115 Å². The molecule has 0 spiro atoms. The molecule has 1 aromatic rings. The van der Waals surface area contributed by atoms with Crippen molar-refractivity contribution >= 4 is 15.7 Å². The van der Waals surface area contributed by atoms with Gasteiger partial charge in [-0.25, -0.2) is 13.1 Å². The van der Waals surface area contributed by atoms with Crippen molar-refractivity contribution in [3.05, 3.63) is 23.8 Å². The molecule has 1 atom stereocenters. The maximum Gasteiger partial charge on any atom is 0.240 e. The van der Waals surface area contributed by atoms with Crippen LogP contribution in [0, 0.1) is 5.92 Å². The fraction of sp³-hybridized carbons (Fsp3) is 0.571. The molecule has 4 nitrogen and oxygen atoms in total. The van der Waals surface area contributed by atoms with E-state index >= 15 is 0 Å². The Balaban J connectivity index is 2.11. The molecule has 0 fully saturated rings. The quantitative estimate of drug-likeness (QED) is 0.871. The first-order valence-electron chi connectivity index (χ1n) is 6.77. The number of hydrogen-bond donors (Lipinski definition) is 2. The van der Waals surface area contributed by atoms with Crippen molar-refractivity contribution in [3.63, 3.8) is 0 Å². The largest absolute Gasteiger partial charge is 0.382 e. The summed E-state index contributed by atoms with van der Waals surface area (Å²) in [6, 6.07) is 5.68. The summed E-state index contributed by atoms with van der Waals surface area (Å²) in [5, 5.41) is 3.32. The van der Waals surface area contributed by atoms with Crippen LogP contribution in [-0.4, -0.2) is 21.0 Å². The standard InChI is InChI=1S/C14H22N2O2S/c1-10(2)6-7-15-19(17,18)13-4-5-14-12(9-13)8-11(3)16-14/h4-5,9-11,15-16H,6-8H2,1-3H3/t11-/m0/s1. The molecule has 106 valence electrons. The van der Waals surface area contributed by atoms with Crippen LogP contribution in [0.25, 0.3) is 0 Å². The normalized spacial score (nSPS) is 18.4. The molecule has 0 aromatic heterocycles. The minimum atomic E-state index is -3.37. The first kappa shape index (κ1) is 14.3. The number of fused-ring (bicyclic) bond motifs is 1. The smallest absolute Gasteiger partial charge is 0.240 e. The third kappa shape index (κ3) is 3.48. The Hall–Kier alpha value is -1.07. The molecule has 0 radical (unpaired) electrons. The lowest BCUT2D eigenvalue weighted by molar-refractivity contribution is 0.551. The van der Waals surface area contributed by atoms with Gasteiger partial charge in [-0.15, -0.1) is 0 Å². The van der Waals surface area contributed by atoms with Crippen LogP contribution in [0.3, 0.4) is 0 Å². The molecule has 2 N–H and O–H groups in total. The number of rotatable bonds is 5. The second-order valence-electron chi connectivity index (χ2n) is 5.65. The Morgan fingerprint density at radius 1 is 1.42 bits per heavy atom.